The Morgan fingerprint density at radius 1 is 0.552 bits per heavy atom. The van der Waals surface area contributed by atoms with Crippen molar-refractivity contribution in [2.24, 2.45) is 29.6 Å². The number of amides is 13. The molecule has 2 aliphatic heterocycles. The Hall–Kier alpha value is -8.69. The second kappa shape index (κ2) is 41.3. The Kier molecular flexibility index (Phi) is 34.9. The van der Waals surface area contributed by atoms with E-state index in [2.05, 4.69) is 26.6 Å². The van der Waals surface area contributed by atoms with Crippen LogP contribution in [0.25, 0.3) is 0 Å². The largest absolute Gasteiger partial charge is 0.496 e. The van der Waals surface area contributed by atoms with E-state index in [1.807, 2.05) is 55.4 Å². The fourth-order valence-electron chi connectivity index (χ4n) is 13.7. The standard InChI is InChI=1S/C77H123N13O15/c1-22-57-75(102)86(18)60(41-52-29-25-23-26-30-52)68(95)79-50(12)72(99)87(19)61(40-48(8)9)76(103)85(17)59(39-47(6)7)70(97)82-65(51(13)91)77(104)90(36-33-53-31-32-54(67(94)78-14)62(42-53)105-21)44-64(93)83(15)58(38-46(4)5)69(96)80-56(74(101)89-34-27-24-28-35-89)43-63(92)88(20)66(49(10)11)71(98)81-55(37-45(2)3)73(100)84(57)16/h23,25-26,29-32,42,45-51,55-61,65-66,91H,22,24,27-28,33-41,43-44H2,1-21H3,(H,78,94)(H,79,95)(H,80,96)(H,81,98)(H,82,97)/t50-,51+,55-,56-,57-,58-,59-,60-,61-,65-,66-/m0/s1. The Labute approximate surface area is 622 Å². The number of carbonyl (C=O) groups excluding carboxylic acids is 13. The number of benzene rings is 2. The summed E-state index contributed by atoms with van der Waals surface area (Å²) in [6.45, 7) is 22.2. The van der Waals surface area contributed by atoms with Gasteiger partial charge < -0.3 is 75.6 Å². The molecular weight excluding hydrogens is 1350 g/mol. The SMILES string of the molecule is CC[C@H]1C(=O)N(C)[C@@H](Cc2ccccc2)C(=O)N[C@@H](C)C(=O)N(C)[C@@H](CC(C)C)C(=O)N(C)[C@@H](CC(C)C)C(=O)N[C@@H]([C@@H](C)O)C(=O)N(CCc2ccc(C(=O)NC)c(OC)c2)CC(=O)N(C)[C@@H](CC(C)C)C(=O)N[C@H](C(=O)N2CCCCC2)CC(=O)N(C)[C@@H](C(C)C)C(=O)N[C@@H](CC(C)C)C(=O)N1C. The number of likely N-dealkylation sites (tertiary alicyclic amines) is 1. The maximum Gasteiger partial charge on any atom is 0.254 e. The second-order valence-corrected chi connectivity index (χ2v) is 30.5. The molecule has 2 aromatic rings. The van der Waals surface area contributed by atoms with Crippen molar-refractivity contribution in [1.82, 2.24) is 65.8 Å². The van der Waals surface area contributed by atoms with E-state index in [9.17, 15) is 33.9 Å². The minimum Gasteiger partial charge on any atom is -0.496 e. The molecule has 105 heavy (non-hydrogen) atoms. The number of nitrogens with zero attached hydrogens (tertiary/aromatic N) is 8. The van der Waals surface area contributed by atoms with E-state index in [-0.39, 0.29) is 86.5 Å². The molecule has 2 fully saturated rings. The summed E-state index contributed by atoms with van der Waals surface area (Å²) in [5.41, 5.74) is 1.42. The zero-order chi connectivity index (χ0) is 79.2. The predicted octanol–water partition coefficient (Wildman–Crippen LogP) is 3.64. The molecule has 0 saturated carbocycles. The van der Waals surface area contributed by atoms with Crippen LogP contribution in [-0.4, -0.2) is 270 Å². The van der Waals surface area contributed by atoms with Gasteiger partial charge >= 0.3 is 0 Å². The van der Waals surface area contributed by atoms with Crippen LogP contribution in [0.5, 0.6) is 5.75 Å². The van der Waals surface area contributed by atoms with E-state index < -0.39 is 162 Å². The van der Waals surface area contributed by atoms with Gasteiger partial charge in [0.1, 0.15) is 66.2 Å². The first-order valence-electron chi connectivity index (χ1n) is 37.2. The van der Waals surface area contributed by atoms with Crippen LogP contribution in [0.15, 0.2) is 48.5 Å². The zero-order valence-corrected chi connectivity index (χ0v) is 66.2. The molecule has 0 spiro atoms. The number of ether oxygens (including phenoxy) is 1. The molecular formula is C77H123N13O15. The fourth-order valence-corrected chi connectivity index (χ4v) is 13.7. The molecule has 28 nitrogen and oxygen atoms in total. The molecule has 0 radical (unpaired) electrons. The molecule has 28 heteroatoms. The molecule has 6 N–H and O–H groups in total. The molecule has 0 bridgehead atoms. The zero-order valence-electron chi connectivity index (χ0n) is 66.2. The van der Waals surface area contributed by atoms with E-state index in [0.717, 1.165) is 16.2 Å². The highest BCUT2D eigenvalue weighted by Gasteiger charge is 2.44. The Balaban J connectivity index is 2.00. The molecule has 4 rings (SSSR count). The minimum atomic E-state index is -1.77. The molecule has 2 heterocycles. The average Bonchev–Trinajstić information content (AvgIpc) is 0.820. The summed E-state index contributed by atoms with van der Waals surface area (Å²) >= 11 is 0. The van der Waals surface area contributed by atoms with Crippen molar-refractivity contribution in [3.63, 3.8) is 0 Å². The molecule has 11 atom stereocenters. The molecule has 13 amide bonds. The average molecular weight is 1470 g/mol. The van der Waals surface area contributed by atoms with Crippen molar-refractivity contribution in [2.45, 2.75) is 227 Å². The third-order valence-corrected chi connectivity index (χ3v) is 19.9. The first-order valence-corrected chi connectivity index (χ1v) is 37.2. The number of methoxy groups -OCH3 is 1. The van der Waals surface area contributed by atoms with Crippen molar-refractivity contribution in [1.29, 1.82) is 0 Å². The first kappa shape index (κ1) is 88.7. The van der Waals surface area contributed by atoms with Crippen LogP contribution in [0.4, 0.5) is 0 Å². The van der Waals surface area contributed by atoms with Crippen molar-refractivity contribution < 1.29 is 72.2 Å². The van der Waals surface area contributed by atoms with Gasteiger partial charge in [0.25, 0.3) is 5.91 Å². The molecule has 0 unspecified atom stereocenters. The lowest BCUT2D eigenvalue weighted by atomic mass is 9.97. The van der Waals surface area contributed by atoms with Crippen LogP contribution in [0.2, 0.25) is 0 Å². The number of carbonyl (C=O) groups is 13. The number of likely N-dealkylation sites (N-methyl/N-ethyl adjacent to an activating group) is 6. The van der Waals surface area contributed by atoms with Crippen LogP contribution >= 0.6 is 0 Å². The van der Waals surface area contributed by atoms with E-state index in [0.29, 0.717) is 37.1 Å². The quantitative estimate of drug-likeness (QED) is 0.117. The Bertz CT molecular complexity index is 3320. The topological polar surface area (TPSA) is 337 Å². The minimum absolute atomic E-state index is 0.0168. The number of hydrogen-bond donors (Lipinski definition) is 6. The highest BCUT2D eigenvalue weighted by Crippen LogP contribution is 2.26. The van der Waals surface area contributed by atoms with Crippen LogP contribution in [0.1, 0.15) is 169 Å². The number of aliphatic hydroxyl groups excluding tert-OH is 1. The molecule has 0 aromatic heterocycles. The third kappa shape index (κ3) is 24.7. The van der Waals surface area contributed by atoms with Gasteiger partial charge in [0.15, 0.2) is 0 Å². The van der Waals surface area contributed by atoms with Crippen molar-refractivity contribution in [3.05, 3.63) is 65.2 Å². The summed E-state index contributed by atoms with van der Waals surface area (Å²) in [5.74, 6) is -10.5. The number of piperidine rings is 1. The Morgan fingerprint density at radius 3 is 1.60 bits per heavy atom. The van der Waals surface area contributed by atoms with Gasteiger partial charge in [0, 0.05) is 75.4 Å². The lowest BCUT2D eigenvalue weighted by Gasteiger charge is -2.38. The van der Waals surface area contributed by atoms with Crippen LogP contribution in [0.3, 0.4) is 0 Å². The summed E-state index contributed by atoms with van der Waals surface area (Å²) in [6.07, 6.45) is 0.144. The highest BCUT2D eigenvalue weighted by atomic mass is 16.5. The summed E-state index contributed by atoms with van der Waals surface area (Å²) < 4.78 is 5.57. The van der Waals surface area contributed by atoms with Crippen LogP contribution < -0.4 is 31.3 Å². The van der Waals surface area contributed by atoms with Crippen molar-refractivity contribution in [3.8, 4) is 5.75 Å². The number of nitrogens with one attached hydrogen (secondary N) is 5. The lowest BCUT2D eigenvalue weighted by Crippen LogP contribution is -2.62. The van der Waals surface area contributed by atoms with Gasteiger partial charge in [-0.3, -0.25) is 62.3 Å². The third-order valence-electron chi connectivity index (χ3n) is 19.9. The summed E-state index contributed by atoms with van der Waals surface area (Å²) in [5, 5.41) is 25.5. The highest BCUT2D eigenvalue weighted by molar-refractivity contribution is 6.00. The maximum atomic E-state index is 15.4. The van der Waals surface area contributed by atoms with Crippen LogP contribution in [-0.2, 0) is 70.4 Å². The van der Waals surface area contributed by atoms with Gasteiger partial charge in [-0.25, -0.2) is 0 Å². The maximum absolute atomic E-state index is 15.4. The van der Waals surface area contributed by atoms with E-state index >= 15 is 33.6 Å². The molecule has 2 aliphatic rings. The van der Waals surface area contributed by atoms with Gasteiger partial charge in [-0.15, -0.1) is 0 Å². The lowest BCUT2D eigenvalue weighted by molar-refractivity contribution is -0.151. The predicted molar refractivity (Wildman–Crippen MR) is 399 cm³/mol. The van der Waals surface area contributed by atoms with Gasteiger partial charge in [-0.1, -0.05) is 113 Å². The van der Waals surface area contributed by atoms with Gasteiger partial charge in [-0.2, -0.15) is 0 Å². The van der Waals surface area contributed by atoms with Crippen molar-refractivity contribution >= 4 is 76.8 Å². The summed E-state index contributed by atoms with van der Waals surface area (Å²) in [7, 11) is 11.3. The Morgan fingerprint density at radius 2 is 1.07 bits per heavy atom. The van der Waals surface area contributed by atoms with Crippen LogP contribution in [0, 0.1) is 29.6 Å². The number of aliphatic hydroxyl groups is 1. The number of hydrogen-bond acceptors (Lipinski definition) is 15. The van der Waals surface area contributed by atoms with E-state index in [1.54, 1.807) is 68.1 Å². The van der Waals surface area contributed by atoms with E-state index in [4.69, 9.17) is 4.74 Å². The summed E-state index contributed by atoms with van der Waals surface area (Å²) in [4.78, 5) is 203. The molecule has 586 valence electrons. The first-order chi connectivity index (χ1) is 49.2. The smallest absolute Gasteiger partial charge is 0.254 e. The van der Waals surface area contributed by atoms with Gasteiger partial charge in [-0.05, 0) is 124 Å². The second-order valence-electron chi connectivity index (χ2n) is 30.5. The van der Waals surface area contributed by atoms with E-state index in [1.165, 1.54) is 101 Å². The molecule has 2 aromatic carbocycles. The monoisotopic (exact) mass is 1470 g/mol. The van der Waals surface area contributed by atoms with Crippen molar-refractivity contribution in [2.75, 3.05) is 82.6 Å². The number of rotatable bonds is 19. The summed E-state index contributed by atoms with van der Waals surface area (Å²) in [6, 6.07) is 0.157. The normalized spacial score (nSPS) is 24.4. The molecule has 0 aliphatic carbocycles. The molecule has 2 saturated heterocycles. The van der Waals surface area contributed by atoms with Gasteiger partial charge in [0.05, 0.1) is 31.7 Å². The van der Waals surface area contributed by atoms with Gasteiger partial charge in [0.2, 0.25) is 70.9 Å². The fraction of sp³-hybridized carbons (Fsp3) is 0.675.